The fraction of sp³-hybridized carbons (Fsp3) is 0.833. The van der Waals surface area contributed by atoms with Crippen molar-refractivity contribution in [3.63, 3.8) is 0 Å². The molecule has 7 nitrogen and oxygen atoms in total. The summed E-state index contributed by atoms with van der Waals surface area (Å²) >= 11 is 0. The Morgan fingerprint density at radius 3 is 2.65 bits per heavy atom. The maximum Gasteiger partial charge on any atom is 0.191 e. The predicted octanol–water partition coefficient (Wildman–Crippen LogP) is 2.54. The van der Waals surface area contributed by atoms with Gasteiger partial charge in [-0.2, -0.15) is 0 Å². The minimum Gasteiger partial charge on any atom is -0.381 e. The van der Waals surface area contributed by atoms with E-state index in [0.29, 0.717) is 12.6 Å². The molecular weight excluding hydrogens is 443 g/mol. The summed E-state index contributed by atoms with van der Waals surface area (Å²) in [5.41, 5.74) is 0. The third-order valence-electron chi connectivity index (χ3n) is 5.07. The van der Waals surface area contributed by atoms with E-state index in [9.17, 15) is 0 Å². The Hall–Kier alpha value is -0.900. The van der Waals surface area contributed by atoms with E-state index in [4.69, 9.17) is 9.73 Å². The number of hydrogen-bond acceptors (Lipinski definition) is 4. The number of aliphatic imine (C=N–C) groups is 1. The maximum atomic E-state index is 5.70. The van der Waals surface area contributed by atoms with Gasteiger partial charge in [-0.25, -0.2) is 4.99 Å². The lowest BCUT2D eigenvalue weighted by Gasteiger charge is -2.17. The second kappa shape index (κ2) is 11.1. The van der Waals surface area contributed by atoms with Gasteiger partial charge in [0.25, 0.3) is 0 Å². The highest BCUT2D eigenvalue weighted by molar-refractivity contribution is 14.0. The van der Waals surface area contributed by atoms with Crippen LogP contribution in [-0.2, 0) is 18.3 Å². The maximum absolute atomic E-state index is 5.70. The molecule has 0 spiro atoms. The van der Waals surface area contributed by atoms with Crippen LogP contribution in [0.4, 0.5) is 0 Å². The lowest BCUT2D eigenvalue weighted by atomic mass is 10.2. The number of nitrogens with zero attached hydrogens (tertiary/aromatic N) is 4. The van der Waals surface area contributed by atoms with Gasteiger partial charge in [0.1, 0.15) is 12.4 Å². The van der Waals surface area contributed by atoms with Crippen molar-refractivity contribution in [3.8, 4) is 0 Å². The number of ether oxygens (including phenoxy) is 1. The van der Waals surface area contributed by atoms with E-state index in [1.807, 2.05) is 18.5 Å². The number of hydrogen-bond donors (Lipinski definition) is 2. The molecule has 8 heteroatoms. The van der Waals surface area contributed by atoms with E-state index in [0.717, 1.165) is 49.7 Å². The van der Waals surface area contributed by atoms with Crippen molar-refractivity contribution in [3.05, 3.63) is 11.6 Å². The number of aryl methyl sites for hydroxylation is 1. The van der Waals surface area contributed by atoms with E-state index in [1.165, 1.54) is 38.5 Å². The van der Waals surface area contributed by atoms with Crippen LogP contribution >= 0.6 is 24.0 Å². The Kier molecular flexibility index (Phi) is 9.10. The van der Waals surface area contributed by atoms with Crippen molar-refractivity contribution < 1.29 is 4.74 Å². The van der Waals surface area contributed by atoms with Gasteiger partial charge in [0.15, 0.2) is 11.8 Å². The first-order valence-corrected chi connectivity index (χ1v) is 9.70. The third kappa shape index (κ3) is 7.02. The lowest BCUT2D eigenvalue weighted by molar-refractivity contribution is 0.123. The molecule has 3 rings (SSSR count). The van der Waals surface area contributed by atoms with Gasteiger partial charge in [-0.3, -0.25) is 0 Å². The van der Waals surface area contributed by atoms with Crippen LogP contribution in [0.2, 0.25) is 0 Å². The van der Waals surface area contributed by atoms with E-state index in [2.05, 4.69) is 20.8 Å². The first-order valence-electron chi connectivity index (χ1n) is 9.70. The largest absolute Gasteiger partial charge is 0.381 e. The second-order valence-corrected chi connectivity index (χ2v) is 7.31. The van der Waals surface area contributed by atoms with Gasteiger partial charge in [0, 0.05) is 32.8 Å². The van der Waals surface area contributed by atoms with Crippen molar-refractivity contribution in [1.82, 2.24) is 25.4 Å². The average molecular weight is 476 g/mol. The molecule has 1 heterocycles. The second-order valence-electron chi connectivity index (χ2n) is 7.31. The number of nitrogens with one attached hydrogen (secondary N) is 2. The first-order chi connectivity index (χ1) is 12.2. The van der Waals surface area contributed by atoms with Gasteiger partial charge in [-0.15, -0.1) is 34.2 Å². The Bertz CT molecular complexity index is 566. The zero-order valence-corrected chi connectivity index (χ0v) is 18.4. The molecule has 0 radical (unpaired) electrons. The molecule has 1 aromatic rings. The van der Waals surface area contributed by atoms with Crippen LogP contribution in [0.25, 0.3) is 0 Å². The van der Waals surface area contributed by atoms with Crippen LogP contribution in [0.15, 0.2) is 4.99 Å². The van der Waals surface area contributed by atoms with Crippen LogP contribution in [0.3, 0.4) is 0 Å². The van der Waals surface area contributed by atoms with Crippen LogP contribution in [0, 0.1) is 12.8 Å². The van der Waals surface area contributed by atoms with Crippen molar-refractivity contribution >= 4 is 29.9 Å². The van der Waals surface area contributed by atoms with E-state index in [-0.39, 0.29) is 24.0 Å². The molecule has 148 valence electrons. The highest BCUT2D eigenvalue weighted by atomic mass is 127. The summed E-state index contributed by atoms with van der Waals surface area (Å²) in [6.07, 6.45) is 8.78. The quantitative estimate of drug-likeness (QED) is 0.248. The summed E-state index contributed by atoms with van der Waals surface area (Å²) in [5.74, 6) is 3.52. The van der Waals surface area contributed by atoms with Crippen LogP contribution in [0.5, 0.6) is 0 Å². The van der Waals surface area contributed by atoms with Crippen molar-refractivity contribution in [2.24, 2.45) is 18.0 Å². The molecule has 0 atom stereocenters. The standard InChI is InChI=1S/C18H32N6O.HI/c1-14-22-23-17(24(14)2)12-20-18(21-16-6-3-4-7-16)19-10-5-11-25-13-15-8-9-15;/h15-16H,3-13H2,1-2H3,(H2,19,20,21);1H. The molecule has 0 aliphatic heterocycles. The molecule has 0 amide bonds. The SMILES string of the molecule is Cc1nnc(CN=C(NCCCOCC2CC2)NC2CCCC2)n1C.I. The van der Waals surface area contributed by atoms with Crippen LogP contribution in [-0.4, -0.2) is 46.5 Å². The van der Waals surface area contributed by atoms with Gasteiger partial charge in [0.05, 0.1) is 0 Å². The van der Waals surface area contributed by atoms with Gasteiger partial charge in [-0.1, -0.05) is 12.8 Å². The highest BCUT2D eigenvalue weighted by Crippen LogP contribution is 2.28. The molecule has 2 aliphatic rings. The van der Waals surface area contributed by atoms with Gasteiger partial charge < -0.3 is 19.9 Å². The molecular formula is C18H33IN6O. The van der Waals surface area contributed by atoms with Gasteiger partial charge in [-0.05, 0) is 44.9 Å². The zero-order valence-electron chi connectivity index (χ0n) is 16.0. The topological polar surface area (TPSA) is 76.4 Å². The highest BCUT2D eigenvalue weighted by Gasteiger charge is 2.21. The normalized spacial score (nSPS) is 18.0. The van der Waals surface area contributed by atoms with E-state index >= 15 is 0 Å². The number of rotatable bonds is 9. The third-order valence-corrected chi connectivity index (χ3v) is 5.07. The Morgan fingerprint density at radius 1 is 1.23 bits per heavy atom. The first kappa shape index (κ1) is 21.4. The molecule has 2 N–H and O–H groups in total. The summed E-state index contributed by atoms with van der Waals surface area (Å²) in [7, 11) is 1.98. The number of guanidine groups is 1. The van der Waals surface area contributed by atoms with Crippen molar-refractivity contribution in [2.45, 2.75) is 64.5 Å². The molecule has 2 aliphatic carbocycles. The number of aromatic nitrogens is 3. The van der Waals surface area contributed by atoms with Crippen LogP contribution in [0.1, 0.15) is 56.6 Å². The van der Waals surface area contributed by atoms with Gasteiger partial charge >= 0.3 is 0 Å². The summed E-state index contributed by atoms with van der Waals surface area (Å²) in [5, 5.41) is 15.3. The van der Waals surface area contributed by atoms with E-state index < -0.39 is 0 Å². The molecule has 0 bridgehead atoms. The number of halogens is 1. The summed E-state index contributed by atoms with van der Waals surface area (Å²) in [6, 6.07) is 0.540. The molecule has 2 fully saturated rings. The Morgan fingerprint density at radius 2 is 2.00 bits per heavy atom. The average Bonchev–Trinajstić information content (AvgIpc) is 3.19. The monoisotopic (exact) mass is 476 g/mol. The summed E-state index contributed by atoms with van der Waals surface area (Å²) < 4.78 is 7.69. The Labute approximate surface area is 173 Å². The van der Waals surface area contributed by atoms with Crippen molar-refractivity contribution in [1.29, 1.82) is 0 Å². The fourth-order valence-corrected chi connectivity index (χ4v) is 3.07. The lowest BCUT2D eigenvalue weighted by Crippen LogP contribution is -2.43. The molecule has 0 aromatic carbocycles. The zero-order chi connectivity index (χ0) is 17.5. The molecule has 1 aromatic heterocycles. The smallest absolute Gasteiger partial charge is 0.191 e. The van der Waals surface area contributed by atoms with Gasteiger partial charge in [0.2, 0.25) is 0 Å². The minimum absolute atomic E-state index is 0. The fourth-order valence-electron chi connectivity index (χ4n) is 3.07. The summed E-state index contributed by atoms with van der Waals surface area (Å²) in [4.78, 5) is 4.72. The molecule has 0 unspecified atom stereocenters. The molecule has 0 saturated heterocycles. The van der Waals surface area contributed by atoms with E-state index in [1.54, 1.807) is 0 Å². The predicted molar refractivity (Wildman–Crippen MR) is 114 cm³/mol. The molecule has 2 saturated carbocycles. The summed E-state index contributed by atoms with van der Waals surface area (Å²) in [6.45, 7) is 5.13. The Balaban J connectivity index is 0.00000243. The van der Waals surface area contributed by atoms with Crippen molar-refractivity contribution in [2.75, 3.05) is 19.8 Å². The molecule has 26 heavy (non-hydrogen) atoms. The minimum atomic E-state index is 0. The van der Waals surface area contributed by atoms with Crippen LogP contribution < -0.4 is 10.6 Å².